The van der Waals surface area contributed by atoms with Gasteiger partial charge in [0.25, 0.3) is 5.91 Å². The second-order valence-electron chi connectivity index (χ2n) is 6.68. The van der Waals surface area contributed by atoms with Gasteiger partial charge in [-0.25, -0.2) is 19.9 Å². The molecule has 3 aromatic rings. The van der Waals surface area contributed by atoms with Gasteiger partial charge in [0.1, 0.15) is 11.6 Å². The van der Waals surface area contributed by atoms with Crippen molar-refractivity contribution in [3.63, 3.8) is 0 Å². The normalized spacial score (nSPS) is 16.7. The van der Waals surface area contributed by atoms with Crippen LogP contribution in [0, 0.1) is 20.8 Å². The highest BCUT2D eigenvalue weighted by atomic mass is 16.5. The number of nitrogens with zero attached hydrogens (tertiary/aromatic N) is 6. The van der Waals surface area contributed by atoms with Crippen molar-refractivity contribution in [2.45, 2.75) is 39.7 Å². The van der Waals surface area contributed by atoms with Crippen molar-refractivity contribution in [3.05, 3.63) is 53.2 Å². The van der Waals surface area contributed by atoms with E-state index in [-0.39, 0.29) is 11.9 Å². The Morgan fingerprint density at radius 2 is 1.96 bits per heavy atom. The fourth-order valence-corrected chi connectivity index (χ4v) is 3.47. The highest BCUT2D eigenvalue weighted by molar-refractivity contribution is 5.94. The molecule has 0 radical (unpaired) electrons. The van der Waals surface area contributed by atoms with E-state index in [1.807, 2.05) is 24.8 Å². The molecule has 1 amide bonds. The molecule has 1 saturated heterocycles. The van der Waals surface area contributed by atoms with Gasteiger partial charge in [0.2, 0.25) is 0 Å². The van der Waals surface area contributed by atoms with Crippen LogP contribution in [-0.4, -0.2) is 42.4 Å². The summed E-state index contributed by atoms with van der Waals surface area (Å²) < 4.78 is 5.23. The molecule has 0 aromatic carbocycles. The number of carbonyl (C=O) groups excluding carboxylic acids is 1. The molecule has 4 heterocycles. The first kappa shape index (κ1) is 17.3. The second-order valence-corrected chi connectivity index (χ2v) is 6.68. The summed E-state index contributed by atoms with van der Waals surface area (Å²) in [6.07, 6.45) is 6.66. The molecule has 138 valence electrons. The molecule has 1 atom stereocenters. The quantitative estimate of drug-likeness (QED) is 0.705. The van der Waals surface area contributed by atoms with Crippen LogP contribution in [-0.2, 0) is 0 Å². The Morgan fingerprint density at radius 3 is 2.67 bits per heavy atom. The number of aromatic nitrogens is 5. The number of carbonyl (C=O) groups is 1. The number of amides is 1. The molecule has 8 nitrogen and oxygen atoms in total. The predicted octanol–water partition coefficient (Wildman–Crippen LogP) is 2.82. The Morgan fingerprint density at radius 1 is 1.19 bits per heavy atom. The van der Waals surface area contributed by atoms with Crippen molar-refractivity contribution >= 4 is 5.91 Å². The maximum absolute atomic E-state index is 12.9. The smallest absolute Gasteiger partial charge is 0.257 e. The van der Waals surface area contributed by atoms with Crippen LogP contribution in [0.3, 0.4) is 0 Å². The van der Waals surface area contributed by atoms with Crippen LogP contribution in [0.1, 0.15) is 52.2 Å². The number of rotatable bonds is 3. The highest BCUT2D eigenvalue weighted by Crippen LogP contribution is 2.33. The first-order valence-corrected chi connectivity index (χ1v) is 8.90. The van der Waals surface area contributed by atoms with E-state index in [0.29, 0.717) is 29.5 Å². The van der Waals surface area contributed by atoms with Gasteiger partial charge in [-0.15, -0.1) is 0 Å². The molecule has 0 aliphatic carbocycles. The number of likely N-dealkylation sites (tertiary alicyclic amines) is 1. The third kappa shape index (κ3) is 3.18. The Hall–Kier alpha value is -3.16. The monoisotopic (exact) mass is 364 g/mol. The minimum Gasteiger partial charge on any atom is -0.361 e. The molecule has 1 aliphatic rings. The average molecular weight is 364 g/mol. The lowest BCUT2D eigenvalue weighted by Gasteiger charge is -2.24. The molecule has 0 N–H and O–H groups in total. The van der Waals surface area contributed by atoms with Crippen LogP contribution in [0.5, 0.6) is 0 Å². The van der Waals surface area contributed by atoms with Gasteiger partial charge < -0.3 is 9.42 Å². The summed E-state index contributed by atoms with van der Waals surface area (Å²) in [5.41, 5.74) is 2.87. The molecule has 0 spiro atoms. The van der Waals surface area contributed by atoms with E-state index in [9.17, 15) is 4.79 Å². The van der Waals surface area contributed by atoms with Gasteiger partial charge in [0.15, 0.2) is 5.82 Å². The Balaban J connectivity index is 1.65. The van der Waals surface area contributed by atoms with Gasteiger partial charge in [-0.3, -0.25) is 4.79 Å². The molecule has 1 fully saturated rings. The molecule has 8 heteroatoms. The number of aryl methyl sites for hydroxylation is 3. The van der Waals surface area contributed by atoms with E-state index in [1.54, 1.807) is 25.5 Å². The van der Waals surface area contributed by atoms with Crippen molar-refractivity contribution < 1.29 is 9.32 Å². The van der Waals surface area contributed by atoms with Gasteiger partial charge in [-0.2, -0.15) is 0 Å². The lowest BCUT2D eigenvalue weighted by Crippen LogP contribution is -2.31. The first-order chi connectivity index (χ1) is 13.0. The van der Waals surface area contributed by atoms with Gasteiger partial charge in [0.05, 0.1) is 28.6 Å². The van der Waals surface area contributed by atoms with Crippen molar-refractivity contribution in [2.75, 3.05) is 6.54 Å². The second kappa shape index (κ2) is 6.86. The van der Waals surface area contributed by atoms with Gasteiger partial charge in [-0.05, 0) is 39.7 Å². The summed E-state index contributed by atoms with van der Waals surface area (Å²) in [4.78, 5) is 32.2. The Kier molecular flexibility index (Phi) is 4.39. The number of hydrogen-bond donors (Lipinski definition) is 0. The van der Waals surface area contributed by atoms with E-state index in [4.69, 9.17) is 9.51 Å². The third-order valence-electron chi connectivity index (χ3n) is 4.82. The van der Waals surface area contributed by atoms with E-state index < -0.39 is 0 Å². The standard InChI is InChI=1S/C19H20N6O2/c1-11-17(12(2)27-24-11)18-20-7-6-15(23-18)16-5-4-8-25(16)19(26)14-9-21-13(3)22-10-14/h6-7,9-10,16H,4-5,8H2,1-3H3/t16-/m1/s1. The molecule has 3 aromatic heterocycles. The fraction of sp³-hybridized carbons (Fsp3) is 0.368. The molecule has 0 saturated carbocycles. The van der Waals surface area contributed by atoms with E-state index in [0.717, 1.165) is 29.8 Å². The van der Waals surface area contributed by atoms with Gasteiger partial charge >= 0.3 is 0 Å². The van der Waals surface area contributed by atoms with E-state index in [1.165, 1.54) is 0 Å². The molecule has 1 aliphatic heterocycles. The summed E-state index contributed by atoms with van der Waals surface area (Å²) in [5, 5.41) is 3.98. The van der Waals surface area contributed by atoms with Crippen molar-refractivity contribution in [2.24, 2.45) is 0 Å². The number of hydrogen-bond acceptors (Lipinski definition) is 7. The molecule has 4 rings (SSSR count). The topological polar surface area (TPSA) is 97.9 Å². The summed E-state index contributed by atoms with van der Waals surface area (Å²) in [7, 11) is 0. The van der Waals surface area contributed by atoms with Crippen LogP contribution >= 0.6 is 0 Å². The zero-order valence-corrected chi connectivity index (χ0v) is 15.5. The van der Waals surface area contributed by atoms with Crippen LogP contribution in [0.2, 0.25) is 0 Å². The SMILES string of the molecule is Cc1ncc(C(=O)N2CCC[C@@H]2c2ccnc(-c3c(C)noc3C)n2)cn1. The van der Waals surface area contributed by atoms with Crippen molar-refractivity contribution in [3.8, 4) is 11.4 Å². The molecule has 0 bridgehead atoms. The first-order valence-electron chi connectivity index (χ1n) is 8.90. The van der Waals surface area contributed by atoms with Gasteiger partial charge in [0, 0.05) is 25.1 Å². The Bertz CT molecular complexity index is 963. The molecule has 27 heavy (non-hydrogen) atoms. The minimum absolute atomic E-state index is 0.0741. The molecular formula is C19H20N6O2. The largest absolute Gasteiger partial charge is 0.361 e. The van der Waals surface area contributed by atoms with Crippen LogP contribution in [0.15, 0.2) is 29.2 Å². The summed E-state index contributed by atoms with van der Waals surface area (Å²) in [6.45, 7) is 6.19. The van der Waals surface area contributed by atoms with Crippen LogP contribution < -0.4 is 0 Å². The molecule has 0 unspecified atom stereocenters. The predicted molar refractivity (Wildman–Crippen MR) is 96.8 cm³/mol. The fourth-order valence-electron chi connectivity index (χ4n) is 3.47. The average Bonchev–Trinajstić information content (AvgIpc) is 3.29. The maximum Gasteiger partial charge on any atom is 0.257 e. The highest BCUT2D eigenvalue weighted by Gasteiger charge is 2.32. The summed E-state index contributed by atoms with van der Waals surface area (Å²) in [5.74, 6) is 1.82. The van der Waals surface area contributed by atoms with Crippen molar-refractivity contribution in [1.29, 1.82) is 0 Å². The molecular weight excluding hydrogens is 344 g/mol. The summed E-state index contributed by atoms with van der Waals surface area (Å²) >= 11 is 0. The Labute approximate surface area is 156 Å². The van der Waals surface area contributed by atoms with E-state index in [2.05, 4.69) is 20.1 Å². The lowest BCUT2D eigenvalue weighted by molar-refractivity contribution is 0.0732. The minimum atomic E-state index is -0.0963. The van der Waals surface area contributed by atoms with Crippen molar-refractivity contribution in [1.82, 2.24) is 30.0 Å². The summed E-state index contributed by atoms with van der Waals surface area (Å²) in [6, 6.07) is 1.77. The van der Waals surface area contributed by atoms with Gasteiger partial charge in [-0.1, -0.05) is 5.16 Å². The van der Waals surface area contributed by atoms with E-state index >= 15 is 0 Å². The zero-order chi connectivity index (χ0) is 19.0. The lowest BCUT2D eigenvalue weighted by atomic mass is 10.1. The zero-order valence-electron chi connectivity index (χ0n) is 15.5. The van der Waals surface area contributed by atoms with Crippen LogP contribution in [0.25, 0.3) is 11.4 Å². The third-order valence-corrected chi connectivity index (χ3v) is 4.82. The van der Waals surface area contributed by atoms with Crippen LogP contribution in [0.4, 0.5) is 0 Å². The maximum atomic E-state index is 12.9.